The standard InChI is InChI=1S/C4H6N3OS/c1-4(8)6-7-5-2-3-9-7/h2,5H,1H3,(H,6,8). The number of nitrogens with one attached hydrogen (secondary N) is 2. The van der Waals surface area contributed by atoms with Crippen molar-refractivity contribution >= 4 is 17.9 Å². The fourth-order valence-electron chi connectivity index (χ4n) is 0.388. The van der Waals surface area contributed by atoms with Crippen LogP contribution in [0.25, 0.3) is 0 Å². The molecule has 9 heavy (non-hydrogen) atoms. The minimum Gasteiger partial charge on any atom is -0.297 e. The van der Waals surface area contributed by atoms with Gasteiger partial charge in [0.15, 0.2) is 0 Å². The van der Waals surface area contributed by atoms with Gasteiger partial charge in [-0.05, 0) is 0 Å². The lowest BCUT2D eigenvalue weighted by Gasteiger charge is -2.12. The third kappa shape index (κ3) is 1.95. The summed E-state index contributed by atoms with van der Waals surface area (Å²) >= 11 is 1.26. The van der Waals surface area contributed by atoms with Gasteiger partial charge in [0.1, 0.15) is 0 Å². The van der Waals surface area contributed by atoms with Gasteiger partial charge in [0.05, 0.1) is 5.41 Å². The van der Waals surface area contributed by atoms with E-state index in [2.05, 4.69) is 16.3 Å². The highest BCUT2D eigenvalue weighted by atomic mass is 32.2. The summed E-state index contributed by atoms with van der Waals surface area (Å²) in [4.78, 5) is 10.4. The van der Waals surface area contributed by atoms with E-state index in [1.165, 1.54) is 23.4 Å². The zero-order valence-electron chi connectivity index (χ0n) is 4.84. The maximum atomic E-state index is 10.4. The van der Waals surface area contributed by atoms with Crippen molar-refractivity contribution in [2.45, 2.75) is 6.92 Å². The van der Waals surface area contributed by atoms with Crippen LogP contribution in [-0.4, -0.2) is 10.4 Å². The Balaban J connectivity index is 2.22. The second kappa shape index (κ2) is 2.75. The quantitative estimate of drug-likeness (QED) is 0.499. The molecule has 1 radical (unpaired) electrons. The summed E-state index contributed by atoms with van der Waals surface area (Å²) in [5.74, 6) is -0.105. The van der Waals surface area contributed by atoms with Crippen molar-refractivity contribution in [3.63, 3.8) is 0 Å². The molecule has 5 heteroatoms. The summed E-state index contributed by atoms with van der Waals surface area (Å²) in [5.41, 5.74) is 5.21. The van der Waals surface area contributed by atoms with E-state index in [9.17, 15) is 4.79 Å². The van der Waals surface area contributed by atoms with E-state index in [-0.39, 0.29) is 5.91 Å². The lowest BCUT2D eigenvalue weighted by atomic mass is 10.8. The molecule has 4 nitrogen and oxygen atoms in total. The average molecular weight is 144 g/mol. The summed E-state index contributed by atoms with van der Waals surface area (Å²) < 4.78 is 1.46. The number of amides is 1. The molecule has 0 aromatic rings. The molecule has 1 rings (SSSR count). The van der Waals surface area contributed by atoms with E-state index in [0.717, 1.165) is 0 Å². The number of nitrogens with zero attached hydrogens (tertiary/aromatic N) is 1. The van der Waals surface area contributed by atoms with Gasteiger partial charge in [-0.15, -0.1) is 0 Å². The monoisotopic (exact) mass is 144 g/mol. The van der Waals surface area contributed by atoms with Crippen molar-refractivity contribution in [3.8, 4) is 0 Å². The maximum Gasteiger partial charge on any atom is 0.233 e. The molecule has 0 aliphatic carbocycles. The number of carbonyl (C=O) groups excluding carboxylic acids is 1. The van der Waals surface area contributed by atoms with Crippen LogP contribution >= 0.6 is 11.9 Å². The highest BCUT2D eigenvalue weighted by Gasteiger charge is 2.06. The molecule has 1 heterocycles. The molecule has 0 aromatic heterocycles. The van der Waals surface area contributed by atoms with Crippen molar-refractivity contribution < 1.29 is 4.79 Å². The van der Waals surface area contributed by atoms with Gasteiger partial charge in [-0.2, -0.15) is 0 Å². The number of hydrogen-bond acceptors (Lipinski definition) is 4. The van der Waals surface area contributed by atoms with E-state index in [1.807, 2.05) is 0 Å². The van der Waals surface area contributed by atoms with Crippen molar-refractivity contribution in [1.29, 1.82) is 0 Å². The van der Waals surface area contributed by atoms with Crippen LogP contribution < -0.4 is 10.9 Å². The summed E-state index contributed by atoms with van der Waals surface area (Å²) in [5, 5.41) is 2.77. The number of rotatable bonds is 1. The Bertz CT molecular complexity index is 139. The third-order valence-corrected chi connectivity index (χ3v) is 1.25. The number of hydrazine groups is 2. The molecule has 0 fully saturated rings. The largest absolute Gasteiger partial charge is 0.297 e. The molecule has 0 spiro atoms. The summed E-state index contributed by atoms with van der Waals surface area (Å²) in [7, 11) is 0. The second-order valence-electron chi connectivity index (χ2n) is 1.44. The van der Waals surface area contributed by atoms with Gasteiger partial charge < -0.3 is 0 Å². The van der Waals surface area contributed by atoms with E-state index in [0.29, 0.717) is 0 Å². The first kappa shape index (κ1) is 6.44. The van der Waals surface area contributed by atoms with E-state index >= 15 is 0 Å². The molecule has 0 saturated heterocycles. The van der Waals surface area contributed by atoms with Crippen LogP contribution in [0.3, 0.4) is 0 Å². The fourth-order valence-corrected chi connectivity index (χ4v) is 0.879. The molecule has 0 aromatic carbocycles. The minimum atomic E-state index is -0.105. The predicted molar refractivity (Wildman–Crippen MR) is 34.2 cm³/mol. The van der Waals surface area contributed by atoms with E-state index in [4.69, 9.17) is 0 Å². The first-order valence-electron chi connectivity index (χ1n) is 2.37. The average Bonchev–Trinajstić information content (AvgIpc) is 2.15. The van der Waals surface area contributed by atoms with E-state index in [1.54, 1.807) is 6.20 Å². The molecule has 2 N–H and O–H groups in total. The van der Waals surface area contributed by atoms with Gasteiger partial charge >= 0.3 is 0 Å². The van der Waals surface area contributed by atoms with Gasteiger partial charge in [0.25, 0.3) is 0 Å². The van der Waals surface area contributed by atoms with Crippen LogP contribution in [0.4, 0.5) is 0 Å². The van der Waals surface area contributed by atoms with Gasteiger partial charge in [-0.3, -0.25) is 15.6 Å². The van der Waals surface area contributed by atoms with Crippen LogP contribution in [0.15, 0.2) is 6.20 Å². The summed E-state index contributed by atoms with van der Waals surface area (Å²) in [6.07, 6.45) is 1.61. The van der Waals surface area contributed by atoms with Crippen LogP contribution in [0.2, 0.25) is 0 Å². The van der Waals surface area contributed by atoms with Gasteiger partial charge in [-0.25, -0.2) is 0 Å². The SMILES string of the molecule is CC(=O)NN1NC=[C]S1. The first-order valence-corrected chi connectivity index (χ1v) is 3.14. The lowest BCUT2D eigenvalue weighted by molar-refractivity contribution is -0.122. The Hall–Kier alpha value is -0.680. The molecule has 49 valence electrons. The van der Waals surface area contributed by atoms with Crippen LogP contribution in [0.1, 0.15) is 6.92 Å². The zero-order chi connectivity index (χ0) is 6.69. The Kier molecular flexibility index (Phi) is 1.96. The van der Waals surface area contributed by atoms with Crippen LogP contribution in [0, 0.1) is 5.41 Å². The molecule has 1 aliphatic rings. The third-order valence-electron chi connectivity index (χ3n) is 0.644. The van der Waals surface area contributed by atoms with Crippen molar-refractivity contribution in [3.05, 3.63) is 11.6 Å². The Morgan fingerprint density at radius 2 is 2.78 bits per heavy atom. The van der Waals surface area contributed by atoms with Crippen molar-refractivity contribution in [2.24, 2.45) is 0 Å². The van der Waals surface area contributed by atoms with Crippen LogP contribution in [0.5, 0.6) is 0 Å². The molecular weight excluding hydrogens is 138 g/mol. The highest BCUT2D eigenvalue weighted by Crippen LogP contribution is 2.07. The first-order chi connectivity index (χ1) is 4.29. The molecule has 1 aliphatic heterocycles. The summed E-state index contributed by atoms with van der Waals surface area (Å²) in [6.45, 7) is 1.44. The van der Waals surface area contributed by atoms with Gasteiger partial charge in [-0.1, -0.05) is 4.52 Å². The topological polar surface area (TPSA) is 44.4 Å². The molecule has 0 bridgehead atoms. The predicted octanol–water partition coefficient (Wildman–Crippen LogP) is -0.220. The summed E-state index contributed by atoms with van der Waals surface area (Å²) in [6, 6.07) is 0. The van der Waals surface area contributed by atoms with Crippen molar-refractivity contribution in [2.75, 3.05) is 0 Å². The van der Waals surface area contributed by atoms with Gasteiger partial charge in [0, 0.05) is 25.1 Å². The Morgan fingerprint density at radius 3 is 3.22 bits per heavy atom. The highest BCUT2D eigenvalue weighted by molar-refractivity contribution is 7.98. The number of hydrogen-bond donors (Lipinski definition) is 2. The lowest BCUT2D eigenvalue weighted by Crippen LogP contribution is -2.40. The zero-order valence-corrected chi connectivity index (χ0v) is 5.66. The molecule has 0 unspecified atom stereocenters. The molecule has 0 atom stereocenters. The number of carbonyl (C=O) groups is 1. The minimum absolute atomic E-state index is 0.105. The normalized spacial score (nSPS) is 17.4. The smallest absolute Gasteiger partial charge is 0.233 e. The Morgan fingerprint density at radius 1 is 2.00 bits per heavy atom. The maximum absolute atomic E-state index is 10.4. The van der Waals surface area contributed by atoms with E-state index < -0.39 is 0 Å². The Labute approximate surface area is 57.4 Å². The second-order valence-corrected chi connectivity index (χ2v) is 2.23. The van der Waals surface area contributed by atoms with Crippen LogP contribution in [-0.2, 0) is 4.79 Å². The molecule has 1 amide bonds. The fraction of sp³-hybridized carbons (Fsp3) is 0.250. The molecule has 0 saturated carbocycles. The van der Waals surface area contributed by atoms with Crippen molar-refractivity contribution in [1.82, 2.24) is 15.4 Å². The van der Waals surface area contributed by atoms with Gasteiger partial charge in [0.2, 0.25) is 5.91 Å². The molecular formula is C4H6N3OS.